The molecule has 0 aliphatic heterocycles. The fraction of sp³-hybridized carbons (Fsp3) is 0.333. The Labute approximate surface area is 101 Å². The molecule has 0 aliphatic carbocycles. The Morgan fingerprint density at radius 3 is 2.56 bits per heavy atom. The molecule has 0 amide bonds. The highest BCUT2D eigenvalue weighted by Crippen LogP contribution is 2.29. The molecule has 88 valence electrons. The van der Waals surface area contributed by atoms with Gasteiger partial charge in [0.25, 0.3) is 0 Å². The number of hydrogen-bond acceptors (Lipinski definition) is 3. The largest absolute Gasteiger partial charge is 0.493 e. The SMILES string of the molecule is COc1ccc(NC/C=C/CCl)cc1OC. The van der Waals surface area contributed by atoms with Gasteiger partial charge in [-0.15, -0.1) is 11.6 Å². The molecule has 0 spiro atoms. The zero-order valence-electron chi connectivity index (χ0n) is 9.50. The topological polar surface area (TPSA) is 30.5 Å². The Hall–Kier alpha value is -1.35. The van der Waals surface area contributed by atoms with Crippen LogP contribution in [0.15, 0.2) is 30.4 Å². The van der Waals surface area contributed by atoms with Crippen molar-refractivity contribution in [2.75, 3.05) is 32.0 Å². The van der Waals surface area contributed by atoms with Crippen LogP contribution in [0.3, 0.4) is 0 Å². The molecule has 1 rings (SSSR count). The average molecular weight is 242 g/mol. The summed E-state index contributed by atoms with van der Waals surface area (Å²) >= 11 is 5.52. The van der Waals surface area contributed by atoms with E-state index in [0.717, 1.165) is 18.0 Å². The standard InChI is InChI=1S/C12H16ClNO2/c1-15-11-6-5-10(9-12(11)16-2)14-8-4-3-7-13/h3-6,9,14H,7-8H2,1-2H3/b4-3+. The third kappa shape index (κ3) is 3.66. The Morgan fingerprint density at radius 2 is 1.94 bits per heavy atom. The second kappa shape index (κ2) is 7.01. The first-order valence-electron chi connectivity index (χ1n) is 4.98. The van der Waals surface area contributed by atoms with Gasteiger partial charge in [0.2, 0.25) is 0 Å². The van der Waals surface area contributed by atoms with Crippen molar-refractivity contribution in [2.24, 2.45) is 0 Å². The first-order valence-corrected chi connectivity index (χ1v) is 5.52. The molecule has 0 atom stereocenters. The molecule has 1 aromatic rings. The fourth-order valence-electron chi connectivity index (χ4n) is 1.27. The molecule has 4 heteroatoms. The number of ether oxygens (including phenoxy) is 2. The van der Waals surface area contributed by atoms with Gasteiger partial charge in [0.05, 0.1) is 14.2 Å². The van der Waals surface area contributed by atoms with Gasteiger partial charge in [-0.1, -0.05) is 12.2 Å². The zero-order valence-corrected chi connectivity index (χ0v) is 10.3. The van der Waals surface area contributed by atoms with Crippen molar-refractivity contribution in [1.29, 1.82) is 0 Å². The Bertz CT molecular complexity index is 353. The summed E-state index contributed by atoms with van der Waals surface area (Å²) in [7, 11) is 3.24. The summed E-state index contributed by atoms with van der Waals surface area (Å²) in [6.45, 7) is 0.738. The predicted molar refractivity (Wildman–Crippen MR) is 67.9 cm³/mol. The lowest BCUT2D eigenvalue weighted by molar-refractivity contribution is 0.355. The van der Waals surface area contributed by atoms with Crippen LogP contribution in [0.2, 0.25) is 0 Å². The molecule has 0 unspecified atom stereocenters. The van der Waals surface area contributed by atoms with Gasteiger partial charge in [0.15, 0.2) is 11.5 Å². The summed E-state index contributed by atoms with van der Waals surface area (Å²) in [5.74, 6) is 1.98. The van der Waals surface area contributed by atoms with Gasteiger partial charge < -0.3 is 14.8 Å². The monoisotopic (exact) mass is 241 g/mol. The van der Waals surface area contributed by atoms with Gasteiger partial charge >= 0.3 is 0 Å². The number of allylic oxidation sites excluding steroid dienone is 1. The molecule has 1 N–H and O–H groups in total. The van der Waals surface area contributed by atoms with Gasteiger partial charge in [-0.25, -0.2) is 0 Å². The number of hydrogen-bond donors (Lipinski definition) is 1. The minimum atomic E-state index is 0.535. The van der Waals surface area contributed by atoms with Crippen LogP contribution < -0.4 is 14.8 Å². The van der Waals surface area contributed by atoms with Crippen LogP contribution in [0.5, 0.6) is 11.5 Å². The average Bonchev–Trinajstić information content (AvgIpc) is 2.34. The van der Waals surface area contributed by atoms with Gasteiger partial charge in [0.1, 0.15) is 0 Å². The molecule has 0 saturated carbocycles. The van der Waals surface area contributed by atoms with Gasteiger partial charge in [-0.05, 0) is 12.1 Å². The van der Waals surface area contributed by atoms with Crippen molar-refractivity contribution in [3.63, 3.8) is 0 Å². The first kappa shape index (κ1) is 12.7. The number of rotatable bonds is 6. The molecule has 16 heavy (non-hydrogen) atoms. The van der Waals surface area contributed by atoms with Gasteiger partial charge in [-0.3, -0.25) is 0 Å². The predicted octanol–water partition coefficient (Wildman–Crippen LogP) is 2.91. The van der Waals surface area contributed by atoms with Gasteiger partial charge in [-0.2, -0.15) is 0 Å². The lowest BCUT2D eigenvalue weighted by atomic mass is 10.2. The van der Waals surface area contributed by atoms with Crippen LogP contribution in [0.4, 0.5) is 5.69 Å². The van der Waals surface area contributed by atoms with E-state index >= 15 is 0 Å². The number of methoxy groups -OCH3 is 2. The van der Waals surface area contributed by atoms with E-state index in [-0.39, 0.29) is 0 Å². The van der Waals surface area contributed by atoms with Crippen molar-refractivity contribution in [3.8, 4) is 11.5 Å². The van der Waals surface area contributed by atoms with Crippen molar-refractivity contribution in [3.05, 3.63) is 30.4 Å². The summed E-state index contributed by atoms with van der Waals surface area (Å²) < 4.78 is 10.4. The summed E-state index contributed by atoms with van der Waals surface area (Å²) in [5.41, 5.74) is 0.983. The summed E-state index contributed by atoms with van der Waals surface area (Å²) in [6.07, 6.45) is 3.87. The third-order valence-corrected chi connectivity index (χ3v) is 2.24. The highest BCUT2D eigenvalue weighted by Gasteiger charge is 2.03. The number of alkyl halides is 1. The number of halogens is 1. The molecule has 1 aromatic carbocycles. The fourth-order valence-corrected chi connectivity index (χ4v) is 1.40. The lowest BCUT2D eigenvalue weighted by Crippen LogP contribution is -1.99. The normalized spacial score (nSPS) is 10.4. The lowest BCUT2D eigenvalue weighted by Gasteiger charge is -2.10. The molecule has 0 saturated heterocycles. The molecule has 0 bridgehead atoms. The van der Waals surface area contributed by atoms with E-state index in [1.165, 1.54) is 0 Å². The van der Waals surface area contributed by atoms with Gasteiger partial charge in [0, 0.05) is 24.2 Å². The molecule has 3 nitrogen and oxygen atoms in total. The van der Waals surface area contributed by atoms with E-state index in [0.29, 0.717) is 11.6 Å². The summed E-state index contributed by atoms with van der Waals surface area (Å²) in [5, 5.41) is 3.22. The molecule has 0 fully saturated rings. The van der Waals surface area contributed by atoms with E-state index < -0.39 is 0 Å². The van der Waals surface area contributed by atoms with Crippen molar-refractivity contribution < 1.29 is 9.47 Å². The van der Waals surface area contributed by atoms with Crippen LogP contribution in [0.25, 0.3) is 0 Å². The maximum absolute atomic E-state index is 5.52. The highest BCUT2D eigenvalue weighted by molar-refractivity contribution is 6.18. The van der Waals surface area contributed by atoms with E-state index in [9.17, 15) is 0 Å². The summed E-state index contributed by atoms with van der Waals surface area (Å²) in [4.78, 5) is 0. The van der Waals surface area contributed by atoms with E-state index in [2.05, 4.69) is 5.32 Å². The number of anilines is 1. The van der Waals surface area contributed by atoms with Crippen LogP contribution in [-0.2, 0) is 0 Å². The van der Waals surface area contributed by atoms with Crippen LogP contribution >= 0.6 is 11.6 Å². The van der Waals surface area contributed by atoms with Crippen LogP contribution in [-0.4, -0.2) is 26.6 Å². The highest BCUT2D eigenvalue weighted by atomic mass is 35.5. The second-order valence-corrected chi connectivity index (χ2v) is 3.38. The minimum Gasteiger partial charge on any atom is -0.493 e. The third-order valence-electron chi connectivity index (χ3n) is 2.06. The number of benzene rings is 1. The quantitative estimate of drug-likeness (QED) is 0.614. The number of nitrogens with one attached hydrogen (secondary N) is 1. The van der Waals surface area contributed by atoms with Crippen molar-refractivity contribution >= 4 is 17.3 Å². The molecule has 0 aromatic heterocycles. The first-order chi connectivity index (χ1) is 7.81. The molecular weight excluding hydrogens is 226 g/mol. The Kier molecular flexibility index (Phi) is 5.57. The van der Waals surface area contributed by atoms with Crippen LogP contribution in [0, 0.1) is 0 Å². The Morgan fingerprint density at radius 1 is 1.19 bits per heavy atom. The van der Waals surface area contributed by atoms with E-state index in [1.807, 2.05) is 30.4 Å². The molecule has 0 heterocycles. The maximum Gasteiger partial charge on any atom is 0.162 e. The second-order valence-electron chi connectivity index (χ2n) is 3.08. The van der Waals surface area contributed by atoms with Crippen molar-refractivity contribution in [2.45, 2.75) is 0 Å². The molecular formula is C12H16ClNO2. The molecule has 0 aliphatic rings. The maximum atomic E-state index is 5.52. The smallest absolute Gasteiger partial charge is 0.162 e. The Balaban J connectivity index is 2.64. The minimum absolute atomic E-state index is 0.535. The van der Waals surface area contributed by atoms with E-state index in [4.69, 9.17) is 21.1 Å². The summed E-state index contributed by atoms with van der Waals surface area (Å²) in [6, 6.07) is 5.70. The van der Waals surface area contributed by atoms with Crippen molar-refractivity contribution in [1.82, 2.24) is 0 Å². The van der Waals surface area contributed by atoms with Crippen LogP contribution in [0.1, 0.15) is 0 Å². The molecule has 0 radical (unpaired) electrons. The zero-order chi connectivity index (χ0) is 11.8. The van der Waals surface area contributed by atoms with E-state index in [1.54, 1.807) is 14.2 Å².